The minimum Gasteiger partial charge on any atom is -0.458 e. The summed E-state index contributed by atoms with van der Waals surface area (Å²) >= 11 is 0. The maximum absolute atomic E-state index is 13.2. The Kier molecular flexibility index (Phi) is 25.1. The molecule has 37 heteroatoms. The lowest BCUT2D eigenvalue weighted by molar-refractivity contribution is -0.128. The van der Waals surface area contributed by atoms with Crippen LogP contribution >= 0.6 is 0 Å². The Morgan fingerprint density at radius 2 is 0.638 bits per heavy atom. The molecule has 9 aliphatic rings. The van der Waals surface area contributed by atoms with Crippen LogP contribution in [0.4, 0.5) is 24.9 Å². The van der Waals surface area contributed by atoms with Gasteiger partial charge in [-0.15, -0.1) is 0 Å². The maximum Gasteiger partial charge on any atom is 0.322 e. The molecule has 0 unspecified atom stereocenters. The molecule has 0 radical (unpaired) electrons. The number of aryl methyl sites for hydroxylation is 4. The molecule has 12 aromatic rings. The summed E-state index contributed by atoms with van der Waals surface area (Å²) in [7, 11) is -0.365. The van der Waals surface area contributed by atoms with Gasteiger partial charge in [-0.05, 0) is 196 Å². The van der Waals surface area contributed by atoms with E-state index in [0.29, 0.717) is 106 Å². The monoisotopic (exact) mass is 1930 g/mol. The molecule has 36 nitrogen and oxygen atoms in total. The zero-order valence-corrected chi connectivity index (χ0v) is 79.2. The molecule has 8 aromatic carbocycles. The molecule has 13 heterocycles. The first-order valence-corrected chi connectivity index (χ1v) is 48.1. The van der Waals surface area contributed by atoms with E-state index in [1.54, 1.807) is 77.3 Å². The van der Waals surface area contributed by atoms with Gasteiger partial charge in [0, 0.05) is 110 Å². The highest BCUT2D eigenvalue weighted by Gasteiger charge is 2.58. The second-order valence-electron chi connectivity index (χ2n) is 36.9. The Labute approximate surface area is 807 Å². The van der Waals surface area contributed by atoms with Crippen LogP contribution in [-0.2, 0) is 142 Å². The van der Waals surface area contributed by atoms with E-state index in [-0.39, 0.29) is 116 Å². The highest BCUT2D eigenvalue weighted by molar-refractivity contribution is 7.94. The van der Waals surface area contributed by atoms with Gasteiger partial charge in [0.2, 0.25) is 15.9 Å². The molecule has 21 rings (SSSR count). The fourth-order valence-corrected chi connectivity index (χ4v) is 20.8. The van der Waals surface area contributed by atoms with Gasteiger partial charge >= 0.3 is 24.1 Å². The fraction of sp³-hybridized carbons (Fsp3) is 0.308. The number of sulfonamides is 1. The number of amides is 17. The number of nitrogens with one attached hydrogen (secondary N) is 8. The molecular formula is C104H100N14O22S. The van der Waals surface area contributed by atoms with Crippen LogP contribution in [0.1, 0.15) is 186 Å². The maximum atomic E-state index is 13.2. The first kappa shape index (κ1) is 95.1. The third-order valence-corrected chi connectivity index (χ3v) is 28.8. The summed E-state index contributed by atoms with van der Waals surface area (Å²) in [5, 5.41) is 22.5. The number of hydrogen-bond acceptors (Lipinski definition) is 22. The molecule has 9 aliphatic heterocycles. The number of urea groups is 4. The van der Waals surface area contributed by atoms with E-state index in [9.17, 15) is 85.1 Å². The summed E-state index contributed by atoms with van der Waals surface area (Å²) in [6.07, 6.45) is 5.86. The Morgan fingerprint density at radius 1 is 0.348 bits per heavy atom. The minimum absolute atomic E-state index is 0.0367. The number of furan rings is 4. The smallest absolute Gasteiger partial charge is 0.322 e. The first-order chi connectivity index (χ1) is 67.4. The van der Waals surface area contributed by atoms with Crippen LogP contribution in [0.15, 0.2) is 188 Å². The number of nitrogens with zero attached hydrogens (tertiary/aromatic N) is 6. The lowest BCUT2D eigenvalue weighted by Gasteiger charge is -2.29. The van der Waals surface area contributed by atoms with Gasteiger partial charge < -0.3 is 63.4 Å². The van der Waals surface area contributed by atoms with Crippen molar-refractivity contribution in [1.29, 1.82) is 0 Å². The Balaban J connectivity index is 0.000000124. The molecule has 17 amide bonds. The van der Waals surface area contributed by atoms with Crippen molar-refractivity contribution < 1.29 is 103 Å². The third-order valence-electron chi connectivity index (χ3n) is 27.1. The third kappa shape index (κ3) is 18.0. The lowest BCUT2D eigenvalue weighted by Crippen LogP contribution is -2.52. The number of rotatable bonds is 26. The number of anilines is 1. The van der Waals surface area contributed by atoms with Crippen molar-refractivity contribution >= 4 is 154 Å². The topological polar surface area (TPSA) is 475 Å². The van der Waals surface area contributed by atoms with E-state index in [4.69, 9.17) is 17.7 Å². The van der Waals surface area contributed by atoms with Crippen LogP contribution in [0.5, 0.6) is 0 Å². The predicted molar refractivity (Wildman–Crippen MR) is 512 cm³/mol. The number of fused-ring (bicyclic) bond motifs is 8. The van der Waals surface area contributed by atoms with Gasteiger partial charge in [0.1, 0.15) is 62.7 Å². The quantitative estimate of drug-likeness (QED) is 0.0233. The molecule has 0 bridgehead atoms. The first-order valence-electron chi connectivity index (χ1n) is 46.5. The number of ketones is 3. The summed E-state index contributed by atoms with van der Waals surface area (Å²) in [4.78, 5) is 210. The van der Waals surface area contributed by atoms with Crippen LogP contribution in [-0.4, -0.2) is 180 Å². The van der Waals surface area contributed by atoms with Crippen LogP contribution in [0.2, 0.25) is 0 Å². The van der Waals surface area contributed by atoms with Gasteiger partial charge in [0.05, 0.1) is 44.8 Å². The van der Waals surface area contributed by atoms with E-state index in [1.165, 1.54) is 28.0 Å². The SMILES string of the molecule is CCC(=O)Cc1ccc2oc([C@]3(CN4Cc5ccc(CC)cc5C4=O)NC(=O)NC3=O)cc2c1.CCCC(=O)Cc1ccc2oc([C@]3(CN4Cc5ccc(CC)cc5C4=O)NC(=O)NC3=O)cc2c1.CCc1ccc2c(c1)C(=O)N(C[C@@]1(c3cc4cc(CC(=O)N(C)C)ccc4o3)NC(=O)NC1=O)C2.CCc1ccc2c(c1)C(=O)N(C[C@@]1(c3cc4cc(N5CC(=O)CS5(=O)=O)ccc4o3)NC(=O)NC1=O)C2. The standard InChI is InChI=1S/C27H27N3O5.C26H26N4O5.C26H25N3O5.C25H22N4O7S/c1-3-5-20(31)11-17-7-9-22-19(10-17)13-23(35-22)27(25(33)28-26(34)29-27)15-30-14-18-8-6-16(4-2)12-21(18)24(30)32;1-4-15-5-7-17-13-30(23(32)19(17)10-15)14-26(24(33)27-25(34)28-26)21-12-18-9-16(6-8-20(18)35-21)11-22(31)29(2)3;1-3-15-5-7-17-13-29(23(31)20(17)11-15)14-26(24(32)27-25(33)28-26)22-12-18-9-16(10-19(30)4-2)6-8-21(18)34-22;1-2-14-3-4-15-10-28(22(31)19(15)7-14)13-25(23(32)26-24(33)27-25)21-9-16-8-17(5-6-20(16)36-21)29-11-18(30)12-37(29,34)35/h6-10,12-13H,3-5,11,14-15H2,1-2H3,(H2,28,29,33,34);5-10,12H,4,11,13-14H2,1-3H3,(H2,27,28,33,34);5-9,11-12H,3-4,10,13-14H2,1-2H3,(H2,27,28,32,33);3-9H,2,10-13H2,1H3,(H2,26,27,32,33)/t27-;2*26-;25-/m0000/s1. The van der Waals surface area contributed by atoms with Gasteiger partial charge in [-0.25, -0.2) is 27.6 Å². The predicted octanol–water partition coefficient (Wildman–Crippen LogP) is 10.5. The summed E-state index contributed by atoms with van der Waals surface area (Å²) in [6.45, 7) is 12.5. The van der Waals surface area contributed by atoms with Gasteiger partial charge in [-0.1, -0.05) is 108 Å². The van der Waals surface area contributed by atoms with Crippen LogP contribution in [0, 0.1) is 0 Å². The van der Waals surface area contributed by atoms with Crippen molar-refractivity contribution in [3.05, 3.63) is 276 Å². The Morgan fingerprint density at radius 3 is 0.908 bits per heavy atom. The molecule has 5 saturated heterocycles. The molecule has 141 heavy (non-hydrogen) atoms. The molecule has 5 fully saturated rings. The number of likely N-dealkylation sites (N-methyl/N-ethyl adjacent to an activating group) is 1. The van der Waals surface area contributed by atoms with Crippen LogP contribution < -0.4 is 46.8 Å². The van der Waals surface area contributed by atoms with E-state index in [0.717, 1.165) is 103 Å². The van der Waals surface area contributed by atoms with Crippen LogP contribution in [0.3, 0.4) is 0 Å². The highest BCUT2D eigenvalue weighted by Crippen LogP contribution is 2.43. The summed E-state index contributed by atoms with van der Waals surface area (Å²) in [5.74, 6) is -3.10. The summed E-state index contributed by atoms with van der Waals surface area (Å²) < 4.78 is 49.8. The Bertz CT molecular complexity index is 7510. The number of Topliss-reactive ketones (excluding diaryl/α,β-unsaturated/α-hetero) is 3. The Hall–Kier alpha value is -16.2. The summed E-state index contributed by atoms with van der Waals surface area (Å²) in [5.41, 5.74) is 8.45. The van der Waals surface area contributed by atoms with Crippen LogP contribution in [0.25, 0.3) is 43.9 Å². The van der Waals surface area contributed by atoms with Crippen molar-refractivity contribution in [1.82, 2.24) is 67.0 Å². The van der Waals surface area contributed by atoms with Crippen molar-refractivity contribution in [2.75, 3.05) is 56.9 Å². The normalized spacial score (nSPS) is 20.2. The largest absolute Gasteiger partial charge is 0.458 e. The van der Waals surface area contributed by atoms with Gasteiger partial charge in [-0.2, -0.15) is 0 Å². The highest BCUT2D eigenvalue weighted by atomic mass is 32.2. The van der Waals surface area contributed by atoms with Crippen molar-refractivity contribution in [2.24, 2.45) is 0 Å². The number of imide groups is 4. The average molecular weight is 1930 g/mol. The molecular weight excluding hydrogens is 1830 g/mol. The fourth-order valence-electron chi connectivity index (χ4n) is 19.3. The van der Waals surface area contributed by atoms with E-state index in [2.05, 4.69) is 42.5 Å². The molecule has 724 valence electrons. The van der Waals surface area contributed by atoms with E-state index >= 15 is 0 Å². The lowest BCUT2D eigenvalue weighted by atomic mass is 9.95. The van der Waals surface area contributed by atoms with Gasteiger partial charge in [0.15, 0.2) is 27.9 Å². The number of benzene rings is 8. The van der Waals surface area contributed by atoms with Crippen molar-refractivity contribution in [2.45, 2.75) is 154 Å². The number of carbonyl (C=O) groups excluding carboxylic acids is 16. The van der Waals surface area contributed by atoms with Crippen molar-refractivity contribution in [3.8, 4) is 0 Å². The average Bonchev–Trinajstić information content (AvgIpc) is 1.59. The zero-order valence-electron chi connectivity index (χ0n) is 78.4. The molecule has 0 saturated carbocycles. The number of carbonyl (C=O) groups is 16. The number of hydrogen-bond donors (Lipinski definition) is 8. The second-order valence-corrected chi connectivity index (χ2v) is 38.8. The molecule has 0 aliphatic carbocycles. The summed E-state index contributed by atoms with van der Waals surface area (Å²) in [6, 6.07) is 48.0. The van der Waals surface area contributed by atoms with Gasteiger partial charge in [-0.3, -0.25) is 83.1 Å². The molecule has 8 N–H and O–H groups in total. The van der Waals surface area contributed by atoms with Gasteiger partial charge in [0.25, 0.3) is 47.3 Å². The molecule has 4 aromatic heterocycles. The molecule has 0 spiro atoms. The van der Waals surface area contributed by atoms with Crippen molar-refractivity contribution in [3.63, 3.8) is 0 Å². The minimum atomic E-state index is -3.76. The molecule has 4 atom stereocenters. The van der Waals surface area contributed by atoms with E-state index < -0.39 is 91.5 Å². The second kappa shape index (κ2) is 37.3. The van der Waals surface area contributed by atoms with E-state index in [1.807, 2.05) is 145 Å². The zero-order chi connectivity index (χ0) is 99.8.